The molecule has 3 aromatic heterocycles. The van der Waals surface area contributed by atoms with Crippen molar-refractivity contribution in [3.8, 4) is 10.4 Å². The Labute approximate surface area is 177 Å². The Morgan fingerprint density at radius 2 is 1.69 bits per heavy atom. The van der Waals surface area contributed by atoms with Gasteiger partial charge in [-0.15, -0.1) is 22.7 Å². The molecule has 0 atom stereocenters. The van der Waals surface area contributed by atoms with E-state index >= 15 is 0 Å². The number of hydrogen-bond acceptors (Lipinski definition) is 6. The largest absolute Gasteiger partial charge is 0.309 e. The van der Waals surface area contributed by atoms with Crippen molar-refractivity contribution in [2.45, 2.75) is 13.1 Å². The van der Waals surface area contributed by atoms with Gasteiger partial charge in [0.05, 0.1) is 11.9 Å². The van der Waals surface area contributed by atoms with E-state index in [0.29, 0.717) is 11.9 Å². The highest BCUT2D eigenvalue weighted by Gasteiger charge is 2.19. The first-order valence-corrected chi connectivity index (χ1v) is 11.5. The molecule has 4 heterocycles. The van der Waals surface area contributed by atoms with Crippen LogP contribution in [0.1, 0.15) is 11.4 Å². The van der Waals surface area contributed by atoms with Gasteiger partial charge in [0.25, 0.3) is 5.56 Å². The van der Waals surface area contributed by atoms with E-state index in [2.05, 4.69) is 51.2 Å². The normalized spacial score (nSPS) is 15.9. The van der Waals surface area contributed by atoms with Gasteiger partial charge >= 0.3 is 0 Å². The maximum Gasteiger partial charge on any atom is 0.260 e. The molecule has 0 radical (unpaired) electrons. The second kappa shape index (κ2) is 8.20. The van der Waals surface area contributed by atoms with Gasteiger partial charge in [0, 0.05) is 48.5 Å². The van der Waals surface area contributed by atoms with E-state index in [0.717, 1.165) is 53.8 Å². The lowest BCUT2D eigenvalue weighted by molar-refractivity contribution is 0.120. The second-order valence-corrected chi connectivity index (χ2v) is 9.16. The average molecular weight is 423 g/mol. The summed E-state index contributed by atoms with van der Waals surface area (Å²) in [6.45, 7) is 5.72. The zero-order valence-electron chi connectivity index (χ0n) is 16.0. The van der Waals surface area contributed by atoms with Gasteiger partial charge in [0.2, 0.25) is 0 Å². The highest BCUT2D eigenvalue weighted by Crippen LogP contribution is 2.33. The lowest BCUT2D eigenvalue weighted by atomic mass is 10.2. The molecule has 1 aliphatic heterocycles. The lowest BCUT2D eigenvalue weighted by Gasteiger charge is -2.34. The Balaban J connectivity index is 1.26. The van der Waals surface area contributed by atoms with Crippen molar-refractivity contribution in [1.82, 2.24) is 19.8 Å². The molecule has 1 aliphatic rings. The molecule has 1 fully saturated rings. The molecular formula is C22H22N4OS2. The molecule has 148 valence electrons. The summed E-state index contributed by atoms with van der Waals surface area (Å²) in [6, 6.07) is 14.7. The summed E-state index contributed by atoms with van der Waals surface area (Å²) < 4.78 is 0. The van der Waals surface area contributed by atoms with Crippen LogP contribution in [0.3, 0.4) is 0 Å². The average Bonchev–Trinajstić information content (AvgIpc) is 3.40. The highest BCUT2D eigenvalue weighted by atomic mass is 32.1. The fourth-order valence-corrected chi connectivity index (χ4v) is 5.62. The number of aromatic amines is 1. The van der Waals surface area contributed by atoms with Crippen LogP contribution in [0.15, 0.2) is 58.0 Å². The summed E-state index contributed by atoms with van der Waals surface area (Å²) in [5.41, 5.74) is 2.32. The van der Waals surface area contributed by atoms with Crippen molar-refractivity contribution in [2.24, 2.45) is 0 Å². The maximum absolute atomic E-state index is 12.8. The first-order chi connectivity index (χ1) is 14.3. The molecule has 5 nitrogen and oxygen atoms in total. The second-order valence-electron chi connectivity index (χ2n) is 7.36. The van der Waals surface area contributed by atoms with Crippen LogP contribution in [0.25, 0.3) is 20.7 Å². The summed E-state index contributed by atoms with van der Waals surface area (Å²) in [4.78, 5) is 27.4. The standard InChI is InChI=1S/C22H22N4OS2/c27-21-20-17(18-7-4-12-28-18)15-29-22(20)24-19(23-21)14-26-10-8-25(9-11-26)13-16-5-2-1-3-6-16/h1-7,12,15H,8-11,13-14H2,(H,23,24,27). The quantitative estimate of drug-likeness (QED) is 0.528. The van der Waals surface area contributed by atoms with Crippen molar-refractivity contribution < 1.29 is 0 Å². The van der Waals surface area contributed by atoms with Gasteiger partial charge in [0.15, 0.2) is 0 Å². The van der Waals surface area contributed by atoms with Crippen LogP contribution in [-0.4, -0.2) is 45.9 Å². The number of nitrogens with zero attached hydrogens (tertiary/aromatic N) is 3. The fraction of sp³-hybridized carbons (Fsp3) is 0.273. The molecule has 0 spiro atoms. The number of fused-ring (bicyclic) bond motifs is 1. The van der Waals surface area contributed by atoms with Crippen LogP contribution in [0, 0.1) is 0 Å². The van der Waals surface area contributed by atoms with Gasteiger partial charge < -0.3 is 4.98 Å². The van der Waals surface area contributed by atoms with Crippen LogP contribution in [0.4, 0.5) is 0 Å². The zero-order valence-corrected chi connectivity index (χ0v) is 17.6. The SMILES string of the molecule is O=c1[nH]c(CN2CCN(Cc3ccccc3)CC2)nc2scc(-c3cccs3)c12. The van der Waals surface area contributed by atoms with Crippen LogP contribution in [0.2, 0.25) is 0 Å². The lowest BCUT2D eigenvalue weighted by Crippen LogP contribution is -2.45. The third-order valence-electron chi connectivity index (χ3n) is 5.37. The summed E-state index contributed by atoms with van der Waals surface area (Å²) in [5.74, 6) is 0.763. The molecule has 1 N–H and O–H groups in total. The van der Waals surface area contributed by atoms with Crippen molar-refractivity contribution in [2.75, 3.05) is 26.2 Å². The van der Waals surface area contributed by atoms with Crippen molar-refractivity contribution in [1.29, 1.82) is 0 Å². The topological polar surface area (TPSA) is 52.2 Å². The molecule has 0 aliphatic carbocycles. The number of rotatable bonds is 5. The number of thiophene rings is 2. The summed E-state index contributed by atoms with van der Waals surface area (Å²) >= 11 is 3.20. The number of hydrogen-bond donors (Lipinski definition) is 1. The van der Waals surface area contributed by atoms with E-state index in [1.165, 1.54) is 5.56 Å². The number of nitrogens with one attached hydrogen (secondary N) is 1. The zero-order chi connectivity index (χ0) is 19.6. The third-order valence-corrected chi connectivity index (χ3v) is 7.14. The number of aromatic nitrogens is 2. The molecule has 1 saturated heterocycles. The summed E-state index contributed by atoms with van der Waals surface area (Å²) in [5, 5.41) is 4.80. The van der Waals surface area contributed by atoms with E-state index in [9.17, 15) is 4.79 Å². The van der Waals surface area contributed by atoms with Crippen molar-refractivity contribution in [3.05, 3.63) is 75.0 Å². The predicted molar refractivity (Wildman–Crippen MR) is 121 cm³/mol. The molecule has 0 saturated carbocycles. The Morgan fingerprint density at radius 3 is 2.41 bits per heavy atom. The minimum absolute atomic E-state index is 0.0302. The predicted octanol–water partition coefficient (Wildman–Crippen LogP) is 4.03. The van der Waals surface area contributed by atoms with Crippen molar-refractivity contribution in [3.63, 3.8) is 0 Å². The minimum atomic E-state index is -0.0302. The van der Waals surface area contributed by atoms with Gasteiger partial charge in [-0.1, -0.05) is 36.4 Å². The molecule has 7 heteroatoms. The molecule has 5 rings (SSSR count). The van der Waals surface area contributed by atoms with Crippen LogP contribution >= 0.6 is 22.7 Å². The molecule has 4 aromatic rings. The minimum Gasteiger partial charge on any atom is -0.309 e. The Kier molecular flexibility index (Phi) is 5.28. The van der Waals surface area contributed by atoms with E-state index in [-0.39, 0.29) is 5.56 Å². The van der Waals surface area contributed by atoms with E-state index < -0.39 is 0 Å². The molecule has 0 bridgehead atoms. The first kappa shape index (κ1) is 18.7. The summed E-state index contributed by atoms with van der Waals surface area (Å²) in [6.07, 6.45) is 0. The monoisotopic (exact) mass is 422 g/mol. The first-order valence-electron chi connectivity index (χ1n) is 9.79. The van der Waals surface area contributed by atoms with Gasteiger partial charge in [-0.25, -0.2) is 4.98 Å². The van der Waals surface area contributed by atoms with E-state index in [4.69, 9.17) is 4.98 Å². The molecule has 0 amide bonds. The maximum atomic E-state index is 12.8. The van der Waals surface area contributed by atoms with Crippen LogP contribution < -0.4 is 5.56 Å². The Hall–Kier alpha value is -2.32. The van der Waals surface area contributed by atoms with Crippen LogP contribution in [-0.2, 0) is 13.1 Å². The molecule has 1 aromatic carbocycles. The third kappa shape index (κ3) is 4.04. The number of benzene rings is 1. The Morgan fingerprint density at radius 1 is 0.931 bits per heavy atom. The smallest absolute Gasteiger partial charge is 0.260 e. The number of piperazine rings is 1. The van der Waals surface area contributed by atoms with Gasteiger partial charge in [0.1, 0.15) is 10.7 Å². The fourth-order valence-electron chi connectivity index (χ4n) is 3.84. The van der Waals surface area contributed by atoms with Crippen molar-refractivity contribution >= 4 is 32.9 Å². The van der Waals surface area contributed by atoms with E-state index in [1.807, 2.05) is 16.8 Å². The van der Waals surface area contributed by atoms with Crippen LogP contribution in [0.5, 0.6) is 0 Å². The van der Waals surface area contributed by atoms with Gasteiger partial charge in [-0.05, 0) is 17.0 Å². The molecule has 29 heavy (non-hydrogen) atoms. The number of H-pyrrole nitrogens is 1. The van der Waals surface area contributed by atoms with Gasteiger partial charge in [-0.2, -0.15) is 0 Å². The Bertz CT molecular complexity index is 1140. The molecular weight excluding hydrogens is 400 g/mol. The molecule has 0 unspecified atom stereocenters. The summed E-state index contributed by atoms with van der Waals surface area (Å²) in [7, 11) is 0. The van der Waals surface area contributed by atoms with Gasteiger partial charge in [-0.3, -0.25) is 14.6 Å². The van der Waals surface area contributed by atoms with E-state index in [1.54, 1.807) is 22.7 Å². The highest BCUT2D eigenvalue weighted by molar-refractivity contribution is 7.18.